The largest absolute Gasteiger partial charge is 0.342 e. The predicted octanol–water partition coefficient (Wildman–Crippen LogP) is 4.19. The summed E-state index contributed by atoms with van der Waals surface area (Å²) in [6, 6.07) is 10.8. The van der Waals surface area contributed by atoms with Crippen LogP contribution in [0, 0.1) is 29.9 Å². The van der Waals surface area contributed by atoms with Crippen LogP contribution < -0.4 is 10.6 Å². The van der Waals surface area contributed by atoms with E-state index in [2.05, 4.69) is 25.8 Å². The van der Waals surface area contributed by atoms with Crippen molar-refractivity contribution in [2.24, 2.45) is 5.92 Å². The van der Waals surface area contributed by atoms with Crippen LogP contribution in [0.1, 0.15) is 47.2 Å². The van der Waals surface area contributed by atoms with Gasteiger partial charge >= 0.3 is 0 Å². The van der Waals surface area contributed by atoms with Gasteiger partial charge in [0.15, 0.2) is 0 Å². The average molecular weight is 483 g/mol. The number of carbonyl (C=O) groups excluding carboxylic acids is 2. The molecule has 1 atom stereocenters. The van der Waals surface area contributed by atoms with E-state index >= 15 is 0 Å². The minimum Gasteiger partial charge on any atom is -0.342 e. The second-order valence-electron chi connectivity index (χ2n) is 8.16. The molecule has 1 aromatic heterocycles. The molecule has 2 aromatic carbocycles. The summed E-state index contributed by atoms with van der Waals surface area (Å²) in [5.41, 5.74) is 2.88. The van der Waals surface area contributed by atoms with Gasteiger partial charge in [0.05, 0.1) is 16.7 Å². The highest BCUT2D eigenvalue weighted by molar-refractivity contribution is 7.99. The average Bonchev–Trinajstić information content (AvgIpc) is 3.26. The minimum atomic E-state index is -0.549. The Morgan fingerprint density at radius 2 is 1.94 bits per heavy atom. The summed E-state index contributed by atoms with van der Waals surface area (Å²) < 4.78 is 0. The Balaban J connectivity index is 1.63. The molecule has 0 aliphatic rings. The normalized spacial score (nSPS) is 11.8. The monoisotopic (exact) mass is 482 g/mol. The number of rotatable bonds is 9. The van der Waals surface area contributed by atoms with E-state index in [9.17, 15) is 19.7 Å². The third-order valence-corrected chi connectivity index (χ3v) is 5.88. The van der Waals surface area contributed by atoms with E-state index in [0.717, 1.165) is 16.8 Å². The van der Waals surface area contributed by atoms with Crippen molar-refractivity contribution in [3.05, 3.63) is 75.1 Å². The molecule has 34 heavy (non-hydrogen) atoms. The molecule has 0 saturated carbocycles. The van der Waals surface area contributed by atoms with Crippen molar-refractivity contribution >= 4 is 35.0 Å². The maximum absolute atomic E-state index is 12.7. The van der Waals surface area contributed by atoms with Crippen LogP contribution in [-0.2, 0) is 4.79 Å². The van der Waals surface area contributed by atoms with Crippen LogP contribution in [0.25, 0.3) is 0 Å². The number of nitrogens with zero attached hydrogens (tertiary/aromatic N) is 3. The number of benzene rings is 2. The molecule has 0 fully saturated rings. The summed E-state index contributed by atoms with van der Waals surface area (Å²) in [7, 11) is 0. The van der Waals surface area contributed by atoms with Gasteiger partial charge in [0.2, 0.25) is 11.1 Å². The summed E-state index contributed by atoms with van der Waals surface area (Å²) in [4.78, 5) is 39.9. The van der Waals surface area contributed by atoms with Crippen LogP contribution in [0.2, 0.25) is 0 Å². The Kier molecular flexibility index (Phi) is 8.00. The highest BCUT2D eigenvalue weighted by Crippen LogP contribution is 2.23. The van der Waals surface area contributed by atoms with E-state index < -0.39 is 16.9 Å². The number of hydrogen-bond acceptors (Lipinski definition) is 7. The number of non-ortho nitro benzene ring substituents is 1. The lowest BCUT2D eigenvalue weighted by Crippen LogP contribution is -2.32. The van der Waals surface area contributed by atoms with Crippen LogP contribution in [0.4, 0.5) is 11.4 Å². The molecule has 3 rings (SSSR count). The molecule has 0 aliphatic heterocycles. The number of nitro groups is 1. The van der Waals surface area contributed by atoms with E-state index in [4.69, 9.17) is 0 Å². The molecular weight excluding hydrogens is 456 g/mol. The Morgan fingerprint density at radius 3 is 2.62 bits per heavy atom. The van der Waals surface area contributed by atoms with Gasteiger partial charge in [-0.1, -0.05) is 49.4 Å². The lowest BCUT2D eigenvalue weighted by molar-refractivity contribution is -0.384. The van der Waals surface area contributed by atoms with Crippen molar-refractivity contribution in [3.63, 3.8) is 0 Å². The van der Waals surface area contributed by atoms with Gasteiger partial charge in [0.25, 0.3) is 11.6 Å². The van der Waals surface area contributed by atoms with Crippen molar-refractivity contribution in [2.75, 3.05) is 11.1 Å². The summed E-state index contributed by atoms with van der Waals surface area (Å²) in [6.07, 6.45) is 0. The molecular formula is C23H26N6O4S. The Bertz CT molecular complexity index is 1210. The number of thioether (sulfide) groups is 1. The number of hydrogen-bond donors (Lipinski definition) is 3. The highest BCUT2D eigenvalue weighted by Gasteiger charge is 2.24. The number of carbonyl (C=O) groups is 2. The van der Waals surface area contributed by atoms with Gasteiger partial charge in [-0.05, 0) is 37.5 Å². The number of aryl methyl sites for hydroxylation is 2. The zero-order valence-corrected chi connectivity index (χ0v) is 20.1. The topological polar surface area (TPSA) is 143 Å². The first-order chi connectivity index (χ1) is 16.1. The molecule has 0 bridgehead atoms. The Hall–Kier alpha value is -3.73. The fraction of sp³-hybridized carbons (Fsp3) is 0.304. The van der Waals surface area contributed by atoms with Crippen LogP contribution in [0.15, 0.2) is 47.6 Å². The van der Waals surface area contributed by atoms with Crippen LogP contribution in [0.5, 0.6) is 0 Å². The summed E-state index contributed by atoms with van der Waals surface area (Å²) in [6.45, 7) is 7.74. The molecule has 0 saturated heterocycles. The molecule has 0 spiro atoms. The van der Waals surface area contributed by atoms with Gasteiger partial charge < -0.3 is 10.6 Å². The third-order valence-electron chi connectivity index (χ3n) is 5.04. The maximum Gasteiger partial charge on any atom is 0.270 e. The zero-order chi connectivity index (χ0) is 24.8. The third kappa shape index (κ3) is 6.41. The Labute approximate surface area is 201 Å². The molecule has 1 heterocycles. The lowest BCUT2D eigenvalue weighted by atomic mass is 10.0. The van der Waals surface area contributed by atoms with Gasteiger partial charge in [-0.3, -0.25) is 24.8 Å². The molecule has 2 amide bonds. The first-order valence-corrected chi connectivity index (χ1v) is 11.6. The van der Waals surface area contributed by atoms with E-state index in [0.29, 0.717) is 11.0 Å². The van der Waals surface area contributed by atoms with E-state index in [-0.39, 0.29) is 28.8 Å². The summed E-state index contributed by atoms with van der Waals surface area (Å²) in [5.74, 6) is -0.118. The standard InChI is InChI=1S/C23H26N6O4S/c1-13(2)20(25-22(31)16-6-5-7-17(11-16)29(32)33)21-26-23(28-27-21)34-12-19(30)24-18-9-8-14(3)10-15(18)4/h5-11,13,20H,12H2,1-4H3,(H,24,30)(H,25,31)(H,26,27,28)/t20-/m0/s1. The van der Waals surface area contributed by atoms with Gasteiger partial charge in [0.1, 0.15) is 5.82 Å². The quantitative estimate of drug-likeness (QED) is 0.236. The van der Waals surface area contributed by atoms with E-state index in [1.54, 1.807) is 0 Å². The smallest absolute Gasteiger partial charge is 0.270 e. The molecule has 0 unspecified atom stereocenters. The number of aromatic nitrogens is 3. The molecule has 3 aromatic rings. The lowest BCUT2D eigenvalue weighted by Gasteiger charge is -2.19. The van der Waals surface area contributed by atoms with Gasteiger partial charge in [-0.15, -0.1) is 5.10 Å². The highest BCUT2D eigenvalue weighted by atomic mass is 32.2. The van der Waals surface area contributed by atoms with Crippen molar-refractivity contribution in [3.8, 4) is 0 Å². The van der Waals surface area contributed by atoms with Crippen molar-refractivity contribution < 1.29 is 14.5 Å². The molecule has 0 aliphatic carbocycles. The van der Waals surface area contributed by atoms with Crippen molar-refractivity contribution in [2.45, 2.75) is 38.9 Å². The van der Waals surface area contributed by atoms with Crippen molar-refractivity contribution in [1.82, 2.24) is 20.5 Å². The summed E-state index contributed by atoms with van der Waals surface area (Å²) >= 11 is 1.17. The molecule has 178 valence electrons. The van der Waals surface area contributed by atoms with Crippen molar-refractivity contribution in [1.29, 1.82) is 0 Å². The van der Waals surface area contributed by atoms with Crippen LogP contribution in [0.3, 0.4) is 0 Å². The second-order valence-corrected chi connectivity index (χ2v) is 9.10. The number of H-pyrrole nitrogens is 1. The maximum atomic E-state index is 12.7. The zero-order valence-electron chi connectivity index (χ0n) is 19.3. The van der Waals surface area contributed by atoms with E-state index in [1.807, 2.05) is 45.9 Å². The number of aromatic amines is 1. The molecule has 11 heteroatoms. The van der Waals surface area contributed by atoms with Gasteiger partial charge in [0, 0.05) is 23.4 Å². The van der Waals surface area contributed by atoms with Crippen LogP contribution >= 0.6 is 11.8 Å². The summed E-state index contributed by atoms with van der Waals surface area (Å²) in [5, 5.41) is 24.1. The van der Waals surface area contributed by atoms with Gasteiger partial charge in [-0.2, -0.15) is 0 Å². The number of amides is 2. The van der Waals surface area contributed by atoms with Gasteiger partial charge in [-0.25, -0.2) is 4.98 Å². The minimum absolute atomic E-state index is 0.0405. The molecule has 3 N–H and O–H groups in total. The SMILES string of the molecule is Cc1ccc(NC(=O)CSc2n[nH]c([C@@H](NC(=O)c3cccc([N+](=O)[O-])c3)C(C)C)n2)c(C)c1. The van der Waals surface area contributed by atoms with Crippen LogP contribution in [-0.4, -0.2) is 37.7 Å². The number of nitro benzene ring substituents is 1. The first-order valence-electron chi connectivity index (χ1n) is 10.6. The fourth-order valence-electron chi connectivity index (χ4n) is 3.27. The van der Waals surface area contributed by atoms with E-state index in [1.165, 1.54) is 36.0 Å². The predicted molar refractivity (Wildman–Crippen MR) is 130 cm³/mol. The fourth-order valence-corrected chi connectivity index (χ4v) is 3.87. The number of anilines is 1. The molecule has 0 radical (unpaired) electrons. The second kappa shape index (κ2) is 10.9. The number of nitrogens with one attached hydrogen (secondary N) is 3. The first kappa shape index (κ1) is 24.9. The molecule has 10 nitrogen and oxygen atoms in total. The Morgan fingerprint density at radius 1 is 1.18 bits per heavy atom.